The Morgan fingerprint density at radius 1 is 1.05 bits per heavy atom. The van der Waals surface area contributed by atoms with Gasteiger partial charge >= 0.3 is 11.9 Å². The van der Waals surface area contributed by atoms with E-state index in [4.69, 9.17) is 9.94 Å². The normalized spacial score (nSPS) is 10.1. The van der Waals surface area contributed by atoms with Crippen LogP contribution in [0.5, 0.6) is 0 Å². The molecule has 5 nitrogen and oxygen atoms in total. The van der Waals surface area contributed by atoms with Crippen LogP contribution in [0.25, 0.3) is 0 Å². The number of unbranched alkanes of at least 4 members (excludes halogenated alkanes) is 3. The SMILES string of the molecule is O=C(O)CCCCCCC(=O)ONc1ccc(F)cc1. The summed E-state index contributed by atoms with van der Waals surface area (Å²) in [6.45, 7) is 0. The first kappa shape index (κ1) is 15.9. The number of anilines is 1. The summed E-state index contributed by atoms with van der Waals surface area (Å²) in [5, 5.41) is 8.45. The number of benzene rings is 1. The van der Waals surface area contributed by atoms with Gasteiger partial charge in [0.05, 0.1) is 5.69 Å². The lowest BCUT2D eigenvalue weighted by Gasteiger charge is -2.06. The highest BCUT2D eigenvalue weighted by Gasteiger charge is 2.04. The van der Waals surface area contributed by atoms with Crippen molar-refractivity contribution in [3.63, 3.8) is 0 Å². The smallest absolute Gasteiger partial charge is 0.332 e. The van der Waals surface area contributed by atoms with E-state index in [1.807, 2.05) is 0 Å². The highest BCUT2D eigenvalue weighted by molar-refractivity contribution is 5.70. The number of halogens is 1. The number of hydrogen-bond donors (Lipinski definition) is 2. The standard InChI is InChI=1S/C14H18FNO4/c15-11-7-9-12(10-8-11)16-20-14(19)6-4-2-1-3-5-13(17)18/h7-10,16H,1-6H2,(H,17,18). The first-order valence-corrected chi connectivity index (χ1v) is 6.51. The molecule has 0 spiro atoms. The van der Waals surface area contributed by atoms with Gasteiger partial charge < -0.3 is 9.94 Å². The topological polar surface area (TPSA) is 75.6 Å². The molecule has 0 heterocycles. The molecule has 6 heteroatoms. The molecule has 0 fully saturated rings. The van der Waals surface area contributed by atoms with Crippen molar-refractivity contribution in [2.24, 2.45) is 0 Å². The molecule has 1 rings (SSSR count). The van der Waals surface area contributed by atoms with Crippen LogP contribution in [-0.4, -0.2) is 17.0 Å². The third-order valence-electron chi connectivity index (χ3n) is 2.65. The number of rotatable bonds is 9. The molecular formula is C14H18FNO4. The lowest BCUT2D eigenvalue weighted by Crippen LogP contribution is -2.10. The zero-order valence-electron chi connectivity index (χ0n) is 11.1. The number of carbonyl (C=O) groups excluding carboxylic acids is 1. The molecule has 0 aromatic heterocycles. The summed E-state index contributed by atoms with van der Waals surface area (Å²) in [5.41, 5.74) is 2.95. The molecule has 0 saturated heterocycles. The largest absolute Gasteiger partial charge is 0.481 e. The van der Waals surface area contributed by atoms with Crippen LogP contribution in [0.4, 0.5) is 10.1 Å². The fraction of sp³-hybridized carbons (Fsp3) is 0.429. The zero-order valence-corrected chi connectivity index (χ0v) is 11.1. The summed E-state index contributed by atoms with van der Waals surface area (Å²) < 4.78 is 12.6. The van der Waals surface area contributed by atoms with E-state index in [2.05, 4.69) is 5.48 Å². The fourth-order valence-electron chi connectivity index (χ4n) is 1.58. The maximum atomic E-state index is 12.6. The Balaban J connectivity index is 2.06. The molecule has 20 heavy (non-hydrogen) atoms. The van der Waals surface area contributed by atoms with E-state index in [0.717, 1.165) is 12.8 Å². The highest BCUT2D eigenvalue weighted by Crippen LogP contribution is 2.09. The minimum atomic E-state index is -0.798. The molecule has 0 aliphatic heterocycles. The molecule has 0 atom stereocenters. The second-order valence-electron chi connectivity index (χ2n) is 4.39. The molecule has 1 aromatic rings. The first-order chi connectivity index (χ1) is 9.58. The van der Waals surface area contributed by atoms with Crippen molar-refractivity contribution in [2.45, 2.75) is 38.5 Å². The molecule has 1 aromatic carbocycles. The van der Waals surface area contributed by atoms with Crippen LogP contribution >= 0.6 is 0 Å². The Morgan fingerprint density at radius 2 is 1.65 bits per heavy atom. The van der Waals surface area contributed by atoms with Gasteiger partial charge in [0, 0.05) is 12.8 Å². The van der Waals surface area contributed by atoms with Crippen LogP contribution in [0, 0.1) is 5.82 Å². The second kappa shape index (κ2) is 8.90. The maximum Gasteiger partial charge on any atom is 0.332 e. The van der Waals surface area contributed by atoms with E-state index in [9.17, 15) is 14.0 Å². The van der Waals surface area contributed by atoms with E-state index >= 15 is 0 Å². The van der Waals surface area contributed by atoms with Gasteiger partial charge in [-0.1, -0.05) is 12.8 Å². The molecular weight excluding hydrogens is 265 g/mol. The Kier molecular flexibility index (Phi) is 7.10. The van der Waals surface area contributed by atoms with Gasteiger partial charge in [-0.25, -0.2) is 14.7 Å². The summed E-state index contributed by atoms with van der Waals surface area (Å²) in [7, 11) is 0. The van der Waals surface area contributed by atoms with Crippen LogP contribution in [0.15, 0.2) is 24.3 Å². The van der Waals surface area contributed by atoms with Crippen molar-refractivity contribution < 1.29 is 23.9 Å². The van der Waals surface area contributed by atoms with Crippen LogP contribution < -0.4 is 5.48 Å². The van der Waals surface area contributed by atoms with Crippen LogP contribution in [-0.2, 0) is 14.4 Å². The number of carboxylic acid groups (broad SMARTS) is 1. The monoisotopic (exact) mass is 283 g/mol. The molecule has 2 N–H and O–H groups in total. The molecule has 110 valence electrons. The van der Waals surface area contributed by atoms with Gasteiger partial charge in [-0.15, -0.1) is 0 Å². The van der Waals surface area contributed by atoms with Crippen molar-refractivity contribution in [1.29, 1.82) is 0 Å². The fourth-order valence-corrected chi connectivity index (χ4v) is 1.58. The second-order valence-corrected chi connectivity index (χ2v) is 4.39. The van der Waals surface area contributed by atoms with Gasteiger partial charge in [-0.3, -0.25) is 4.79 Å². The first-order valence-electron chi connectivity index (χ1n) is 6.51. The van der Waals surface area contributed by atoms with E-state index in [-0.39, 0.29) is 18.7 Å². The Morgan fingerprint density at radius 3 is 2.25 bits per heavy atom. The molecule has 0 aliphatic rings. The average molecular weight is 283 g/mol. The Bertz CT molecular complexity index is 433. The van der Waals surface area contributed by atoms with Gasteiger partial charge in [0.15, 0.2) is 0 Å². The molecule has 0 radical (unpaired) electrons. The van der Waals surface area contributed by atoms with E-state index in [1.165, 1.54) is 24.3 Å². The Labute approximate surface area is 116 Å². The number of nitrogens with one attached hydrogen (secondary N) is 1. The van der Waals surface area contributed by atoms with Gasteiger partial charge in [-0.05, 0) is 37.1 Å². The molecule has 0 bridgehead atoms. The summed E-state index contributed by atoms with van der Waals surface area (Å²) >= 11 is 0. The third kappa shape index (κ3) is 7.35. The number of carboxylic acids is 1. The van der Waals surface area contributed by atoms with Gasteiger partial charge in [0.1, 0.15) is 5.82 Å². The molecule has 0 saturated carbocycles. The van der Waals surface area contributed by atoms with Crippen molar-refractivity contribution in [3.8, 4) is 0 Å². The summed E-state index contributed by atoms with van der Waals surface area (Å²) in [6, 6.07) is 5.46. The van der Waals surface area contributed by atoms with E-state index in [1.54, 1.807) is 0 Å². The lowest BCUT2D eigenvalue weighted by molar-refractivity contribution is -0.141. The maximum absolute atomic E-state index is 12.6. The minimum absolute atomic E-state index is 0.163. The quantitative estimate of drug-likeness (QED) is 0.538. The predicted octanol–water partition coefficient (Wildman–Crippen LogP) is 3.12. The predicted molar refractivity (Wildman–Crippen MR) is 71.5 cm³/mol. The van der Waals surface area contributed by atoms with Crippen LogP contribution in [0.1, 0.15) is 38.5 Å². The Hall–Kier alpha value is -2.11. The molecule has 0 aliphatic carbocycles. The highest BCUT2D eigenvalue weighted by atomic mass is 19.1. The zero-order chi connectivity index (χ0) is 14.8. The van der Waals surface area contributed by atoms with Gasteiger partial charge in [0.2, 0.25) is 0 Å². The van der Waals surface area contributed by atoms with Gasteiger partial charge in [0.25, 0.3) is 0 Å². The number of hydrogen-bond acceptors (Lipinski definition) is 4. The summed E-state index contributed by atoms with van der Waals surface area (Å²) in [5.74, 6) is -1.55. The van der Waals surface area contributed by atoms with Crippen molar-refractivity contribution in [3.05, 3.63) is 30.1 Å². The van der Waals surface area contributed by atoms with Crippen molar-refractivity contribution in [1.82, 2.24) is 0 Å². The third-order valence-corrected chi connectivity index (χ3v) is 2.65. The minimum Gasteiger partial charge on any atom is -0.481 e. The van der Waals surface area contributed by atoms with Crippen molar-refractivity contribution in [2.75, 3.05) is 5.48 Å². The lowest BCUT2D eigenvalue weighted by atomic mass is 10.1. The van der Waals surface area contributed by atoms with Crippen LogP contribution in [0.2, 0.25) is 0 Å². The van der Waals surface area contributed by atoms with Gasteiger partial charge in [-0.2, -0.15) is 0 Å². The number of aliphatic carboxylic acids is 1. The number of carbonyl (C=O) groups is 2. The van der Waals surface area contributed by atoms with Crippen LogP contribution in [0.3, 0.4) is 0 Å². The van der Waals surface area contributed by atoms with Crippen molar-refractivity contribution >= 4 is 17.6 Å². The average Bonchev–Trinajstić information content (AvgIpc) is 2.41. The summed E-state index contributed by atoms with van der Waals surface area (Å²) in [4.78, 5) is 26.5. The molecule has 0 unspecified atom stereocenters. The van der Waals surface area contributed by atoms with E-state index < -0.39 is 11.9 Å². The molecule has 0 amide bonds. The summed E-state index contributed by atoms with van der Waals surface area (Å²) in [6.07, 6.45) is 3.28. The van der Waals surface area contributed by atoms with E-state index in [0.29, 0.717) is 18.5 Å².